The van der Waals surface area contributed by atoms with Gasteiger partial charge in [0.05, 0.1) is 5.92 Å². The predicted octanol–water partition coefficient (Wildman–Crippen LogP) is 4.19. The van der Waals surface area contributed by atoms with Gasteiger partial charge in [-0.3, -0.25) is 9.59 Å². The standard InChI is InChI=1S/C25H25FN2O2/c26-21-12-10-18(11-13-21)14-15-27-24(29)20-7-4-16-28(17-20)25(30)23-9-3-6-19-5-1-2-8-22(19)23/h1-3,5-6,8-13,20H,4,7,14-17H2,(H,27,29). The van der Waals surface area contributed by atoms with Gasteiger partial charge in [-0.1, -0.05) is 48.5 Å². The summed E-state index contributed by atoms with van der Waals surface area (Å²) in [5.41, 5.74) is 1.67. The van der Waals surface area contributed by atoms with E-state index < -0.39 is 0 Å². The minimum absolute atomic E-state index is 0.0180. The van der Waals surface area contributed by atoms with Crippen molar-refractivity contribution in [3.63, 3.8) is 0 Å². The van der Waals surface area contributed by atoms with E-state index in [0.29, 0.717) is 31.6 Å². The second kappa shape index (κ2) is 9.08. The Hall–Kier alpha value is -3.21. The Balaban J connectivity index is 1.37. The van der Waals surface area contributed by atoms with Crippen LogP contribution in [-0.4, -0.2) is 36.3 Å². The Morgan fingerprint density at radius 3 is 2.60 bits per heavy atom. The molecule has 3 aromatic rings. The number of nitrogens with zero attached hydrogens (tertiary/aromatic N) is 1. The number of halogens is 1. The first-order valence-electron chi connectivity index (χ1n) is 10.4. The third-order valence-electron chi connectivity index (χ3n) is 5.73. The second-order valence-electron chi connectivity index (χ2n) is 7.78. The van der Waals surface area contributed by atoms with Gasteiger partial charge in [0.1, 0.15) is 5.82 Å². The molecule has 2 amide bonds. The minimum atomic E-state index is -0.263. The van der Waals surface area contributed by atoms with Gasteiger partial charge in [-0.15, -0.1) is 0 Å². The van der Waals surface area contributed by atoms with Crippen LogP contribution in [0.3, 0.4) is 0 Å². The van der Waals surface area contributed by atoms with Crippen LogP contribution >= 0.6 is 0 Å². The van der Waals surface area contributed by atoms with Gasteiger partial charge < -0.3 is 10.2 Å². The maximum atomic E-state index is 13.2. The van der Waals surface area contributed by atoms with Crippen molar-refractivity contribution in [2.24, 2.45) is 5.92 Å². The van der Waals surface area contributed by atoms with Gasteiger partial charge in [0.2, 0.25) is 5.91 Å². The number of carbonyl (C=O) groups is 2. The number of amides is 2. The number of carbonyl (C=O) groups excluding carboxylic acids is 2. The van der Waals surface area contributed by atoms with Gasteiger partial charge in [0, 0.05) is 25.2 Å². The van der Waals surface area contributed by atoms with Crippen LogP contribution in [-0.2, 0) is 11.2 Å². The van der Waals surface area contributed by atoms with Gasteiger partial charge in [-0.25, -0.2) is 4.39 Å². The number of likely N-dealkylation sites (tertiary alicyclic amines) is 1. The molecule has 4 nitrogen and oxygen atoms in total. The summed E-state index contributed by atoms with van der Waals surface area (Å²) >= 11 is 0. The summed E-state index contributed by atoms with van der Waals surface area (Å²) < 4.78 is 13.0. The Labute approximate surface area is 175 Å². The highest BCUT2D eigenvalue weighted by molar-refractivity contribution is 6.07. The summed E-state index contributed by atoms with van der Waals surface area (Å²) in [5, 5.41) is 4.95. The molecule has 0 saturated carbocycles. The van der Waals surface area contributed by atoms with Crippen molar-refractivity contribution in [2.45, 2.75) is 19.3 Å². The molecule has 0 spiro atoms. The molecule has 3 aromatic carbocycles. The lowest BCUT2D eigenvalue weighted by Gasteiger charge is -2.32. The van der Waals surface area contributed by atoms with E-state index in [1.165, 1.54) is 12.1 Å². The molecule has 154 valence electrons. The highest BCUT2D eigenvalue weighted by Gasteiger charge is 2.29. The van der Waals surface area contributed by atoms with Gasteiger partial charge >= 0.3 is 0 Å². The molecule has 1 aliphatic heterocycles. The fourth-order valence-corrected chi connectivity index (χ4v) is 4.08. The number of nitrogens with one attached hydrogen (secondary N) is 1. The Kier molecular flexibility index (Phi) is 6.07. The lowest BCUT2D eigenvalue weighted by Crippen LogP contribution is -2.45. The number of rotatable bonds is 5. The van der Waals surface area contributed by atoms with Crippen LogP contribution in [0.1, 0.15) is 28.8 Å². The second-order valence-corrected chi connectivity index (χ2v) is 7.78. The highest BCUT2D eigenvalue weighted by atomic mass is 19.1. The number of hydrogen-bond acceptors (Lipinski definition) is 2. The van der Waals surface area contributed by atoms with Crippen LogP contribution in [0.5, 0.6) is 0 Å². The Morgan fingerprint density at radius 2 is 1.77 bits per heavy atom. The normalized spacial score (nSPS) is 16.4. The summed E-state index contributed by atoms with van der Waals surface area (Å²) in [6.45, 7) is 1.60. The highest BCUT2D eigenvalue weighted by Crippen LogP contribution is 2.23. The first kappa shape index (κ1) is 20.1. The van der Waals surface area contributed by atoms with Gasteiger partial charge in [-0.2, -0.15) is 0 Å². The molecule has 0 bridgehead atoms. The predicted molar refractivity (Wildman–Crippen MR) is 116 cm³/mol. The van der Waals surface area contributed by atoms with E-state index in [0.717, 1.165) is 29.2 Å². The molecule has 1 atom stereocenters. The fraction of sp³-hybridized carbons (Fsp3) is 0.280. The van der Waals surface area contributed by atoms with Crippen LogP contribution in [0.25, 0.3) is 10.8 Å². The van der Waals surface area contributed by atoms with Crippen LogP contribution in [0.2, 0.25) is 0 Å². The molecule has 30 heavy (non-hydrogen) atoms. The lowest BCUT2D eigenvalue weighted by atomic mass is 9.95. The Bertz CT molecular complexity index is 1040. The lowest BCUT2D eigenvalue weighted by molar-refractivity contribution is -0.126. The molecule has 0 aromatic heterocycles. The zero-order valence-electron chi connectivity index (χ0n) is 16.8. The van der Waals surface area contributed by atoms with Crippen molar-refractivity contribution in [2.75, 3.05) is 19.6 Å². The molecule has 1 saturated heterocycles. The third kappa shape index (κ3) is 4.51. The SMILES string of the molecule is O=C(NCCc1ccc(F)cc1)C1CCCN(C(=O)c2cccc3ccccc23)C1. The van der Waals surface area contributed by atoms with E-state index in [1.807, 2.05) is 42.5 Å². The molecule has 1 N–H and O–H groups in total. The maximum absolute atomic E-state index is 13.2. The average molecular weight is 404 g/mol. The summed E-state index contributed by atoms with van der Waals surface area (Å²) in [6, 6.07) is 19.9. The molecule has 1 unspecified atom stereocenters. The topological polar surface area (TPSA) is 49.4 Å². The summed E-state index contributed by atoms with van der Waals surface area (Å²) in [5.74, 6) is -0.505. The number of fused-ring (bicyclic) bond motifs is 1. The van der Waals surface area contributed by atoms with Crippen molar-refractivity contribution in [3.05, 3.63) is 83.7 Å². The van der Waals surface area contributed by atoms with Gasteiger partial charge in [0.25, 0.3) is 5.91 Å². The van der Waals surface area contributed by atoms with Crippen LogP contribution in [0, 0.1) is 11.7 Å². The third-order valence-corrected chi connectivity index (χ3v) is 5.73. The Morgan fingerprint density at radius 1 is 1.00 bits per heavy atom. The monoisotopic (exact) mass is 404 g/mol. The summed E-state index contributed by atoms with van der Waals surface area (Å²) in [6.07, 6.45) is 2.24. The first-order chi connectivity index (χ1) is 14.6. The molecule has 5 heteroatoms. The molecule has 1 aliphatic rings. The largest absolute Gasteiger partial charge is 0.355 e. The summed E-state index contributed by atoms with van der Waals surface area (Å²) in [7, 11) is 0. The van der Waals surface area contributed by atoms with E-state index in [4.69, 9.17) is 0 Å². The van der Waals surface area contributed by atoms with E-state index >= 15 is 0 Å². The minimum Gasteiger partial charge on any atom is -0.355 e. The van der Waals surface area contributed by atoms with Crippen molar-refractivity contribution < 1.29 is 14.0 Å². The van der Waals surface area contributed by atoms with Crippen molar-refractivity contribution >= 4 is 22.6 Å². The molecule has 1 fully saturated rings. The average Bonchev–Trinajstić information content (AvgIpc) is 2.79. The van der Waals surface area contributed by atoms with E-state index in [2.05, 4.69) is 5.32 Å². The van der Waals surface area contributed by atoms with E-state index in [1.54, 1.807) is 17.0 Å². The van der Waals surface area contributed by atoms with Crippen molar-refractivity contribution in [1.82, 2.24) is 10.2 Å². The maximum Gasteiger partial charge on any atom is 0.254 e. The van der Waals surface area contributed by atoms with Gasteiger partial charge in [0.15, 0.2) is 0 Å². The van der Waals surface area contributed by atoms with Crippen LogP contribution in [0.4, 0.5) is 4.39 Å². The number of piperidine rings is 1. The number of benzene rings is 3. The molecule has 0 aliphatic carbocycles. The van der Waals surface area contributed by atoms with Crippen LogP contribution in [0.15, 0.2) is 66.7 Å². The zero-order valence-corrected chi connectivity index (χ0v) is 16.8. The molecular formula is C25H25FN2O2. The molecule has 0 radical (unpaired) electrons. The van der Waals surface area contributed by atoms with E-state index in [-0.39, 0.29) is 23.5 Å². The molecular weight excluding hydrogens is 379 g/mol. The summed E-state index contributed by atoms with van der Waals surface area (Å²) in [4.78, 5) is 27.6. The molecule has 1 heterocycles. The van der Waals surface area contributed by atoms with Crippen molar-refractivity contribution in [1.29, 1.82) is 0 Å². The van der Waals surface area contributed by atoms with Crippen LogP contribution < -0.4 is 5.32 Å². The zero-order chi connectivity index (χ0) is 20.9. The van der Waals surface area contributed by atoms with E-state index in [9.17, 15) is 14.0 Å². The quantitative estimate of drug-likeness (QED) is 0.693. The molecule has 4 rings (SSSR count). The van der Waals surface area contributed by atoms with Crippen molar-refractivity contribution in [3.8, 4) is 0 Å². The first-order valence-corrected chi connectivity index (χ1v) is 10.4. The smallest absolute Gasteiger partial charge is 0.254 e. The van der Waals surface area contributed by atoms with Gasteiger partial charge in [-0.05, 0) is 53.8 Å². The number of hydrogen-bond donors (Lipinski definition) is 1. The fourth-order valence-electron chi connectivity index (χ4n) is 4.08.